The van der Waals surface area contributed by atoms with Gasteiger partial charge in [-0.1, -0.05) is 30.3 Å². The van der Waals surface area contributed by atoms with Crippen molar-refractivity contribution in [2.45, 2.75) is 12.2 Å². The highest BCUT2D eigenvalue weighted by atomic mass is 19.4. The first-order valence-corrected chi connectivity index (χ1v) is 7.04. The molecule has 0 saturated heterocycles. The average molecular weight is 355 g/mol. The zero-order chi connectivity index (χ0) is 18.6. The van der Waals surface area contributed by atoms with Crippen LogP contribution >= 0.6 is 0 Å². The van der Waals surface area contributed by atoms with Crippen molar-refractivity contribution >= 4 is 11.9 Å². The quantitative estimate of drug-likeness (QED) is 0.675. The Hall–Kier alpha value is -2.90. The lowest BCUT2D eigenvalue weighted by Gasteiger charge is -2.17. The Morgan fingerprint density at radius 3 is 2.28 bits per heavy atom. The zero-order valence-electron chi connectivity index (χ0n) is 12.9. The summed E-state index contributed by atoms with van der Waals surface area (Å²) >= 11 is 0. The van der Waals surface area contributed by atoms with E-state index in [0.717, 1.165) is 13.2 Å². The van der Waals surface area contributed by atoms with Crippen LogP contribution < -0.4 is 5.32 Å². The molecule has 0 aromatic heterocycles. The predicted octanol–water partition coefficient (Wildman–Crippen LogP) is 3.49. The maximum Gasteiger partial charge on any atom is 0.419 e. The number of benzene rings is 2. The van der Waals surface area contributed by atoms with Crippen molar-refractivity contribution in [2.24, 2.45) is 0 Å². The summed E-state index contributed by atoms with van der Waals surface area (Å²) in [5.41, 5.74) is -1.60. The van der Waals surface area contributed by atoms with Gasteiger partial charge < -0.3 is 10.1 Å². The van der Waals surface area contributed by atoms with Crippen LogP contribution in [-0.4, -0.2) is 19.0 Å². The van der Waals surface area contributed by atoms with Crippen LogP contribution in [0.1, 0.15) is 27.5 Å². The number of halogens is 4. The topological polar surface area (TPSA) is 55.4 Å². The number of carbonyl (C=O) groups excluding carboxylic acids is 2. The van der Waals surface area contributed by atoms with Crippen LogP contribution in [-0.2, 0) is 15.7 Å². The van der Waals surface area contributed by atoms with Crippen molar-refractivity contribution in [3.8, 4) is 0 Å². The zero-order valence-corrected chi connectivity index (χ0v) is 12.9. The molecule has 1 atom stereocenters. The molecule has 0 fully saturated rings. The largest absolute Gasteiger partial charge is 0.467 e. The van der Waals surface area contributed by atoms with Crippen molar-refractivity contribution in [3.05, 3.63) is 71.0 Å². The molecule has 2 aromatic rings. The molecular formula is C17H13F4NO3. The Bertz CT molecular complexity index is 775. The van der Waals surface area contributed by atoms with Gasteiger partial charge in [-0.2, -0.15) is 13.2 Å². The maximum absolute atomic E-state index is 13.3. The lowest BCUT2D eigenvalue weighted by molar-refractivity contribution is -0.143. The molecule has 0 saturated carbocycles. The third kappa shape index (κ3) is 4.34. The maximum atomic E-state index is 13.3. The number of nitrogens with one attached hydrogen (secondary N) is 1. The molecule has 0 aliphatic heterocycles. The molecule has 4 nitrogen and oxygen atoms in total. The summed E-state index contributed by atoms with van der Waals surface area (Å²) in [6, 6.07) is 8.67. The third-order valence-electron chi connectivity index (χ3n) is 3.38. The Morgan fingerprint density at radius 1 is 1.08 bits per heavy atom. The summed E-state index contributed by atoms with van der Waals surface area (Å²) in [5, 5.41) is 2.30. The third-order valence-corrected chi connectivity index (χ3v) is 3.38. The van der Waals surface area contributed by atoms with Gasteiger partial charge in [-0.25, -0.2) is 9.18 Å². The van der Waals surface area contributed by atoms with Crippen LogP contribution in [0.5, 0.6) is 0 Å². The van der Waals surface area contributed by atoms with Gasteiger partial charge in [0, 0.05) is 5.56 Å². The van der Waals surface area contributed by atoms with Crippen molar-refractivity contribution in [2.75, 3.05) is 7.11 Å². The van der Waals surface area contributed by atoms with Gasteiger partial charge in [0.25, 0.3) is 5.91 Å². The molecule has 132 valence electrons. The van der Waals surface area contributed by atoms with Gasteiger partial charge in [-0.05, 0) is 23.8 Å². The van der Waals surface area contributed by atoms with Gasteiger partial charge in [-0.3, -0.25) is 4.79 Å². The van der Waals surface area contributed by atoms with E-state index in [1.165, 1.54) is 0 Å². The van der Waals surface area contributed by atoms with Crippen molar-refractivity contribution < 1.29 is 31.9 Å². The predicted molar refractivity (Wildman–Crippen MR) is 80.1 cm³/mol. The first kappa shape index (κ1) is 18.4. The van der Waals surface area contributed by atoms with Crippen LogP contribution in [0.25, 0.3) is 0 Å². The van der Waals surface area contributed by atoms with E-state index in [0.29, 0.717) is 17.7 Å². The highest BCUT2D eigenvalue weighted by Gasteiger charge is 2.35. The number of hydrogen-bond acceptors (Lipinski definition) is 3. The number of methoxy groups -OCH3 is 1. The highest BCUT2D eigenvalue weighted by molar-refractivity contribution is 5.97. The molecule has 0 aliphatic rings. The molecule has 2 rings (SSSR count). The highest BCUT2D eigenvalue weighted by Crippen LogP contribution is 2.32. The minimum Gasteiger partial charge on any atom is -0.467 e. The van der Waals surface area contributed by atoms with Crippen molar-refractivity contribution in [1.29, 1.82) is 0 Å². The first-order valence-electron chi connectivity index (χ1n) is 7.04. The molecule has 1 amide bonds. The fraction of sp³-hybridized carbons (Fsp3) is 0.176. The molecule has 1 unspecified atom stereocenters. The van der Waals surface area contributed by atoms with Gasteiger partial charge in [0.2, 0.25) is 0 Å². The summed E-state index contributed by atoms with van der Waals surface area (Å²) in [6.07, 6.45) is -4.94. The smallest absolute Gasteiger partial charge is 0.419 e. The lowest BCUT2D eigenvalue weighted by atomic mass is 10.1. The van der Waals surface area contributed by atoms with E-state index >= 15 is 0 Å². The monoisotopic (exact) mass is 355 g/mol. The van der Waals surface area contributed by atoms with E-state index in [2.05, 4.69) is 10.1 Å². The lowest BCUT2D eigenvalue weighted by Crippen LogP contribution is -2.34. The molecule has 0 heterocycles. The Balaban J connectivity index is 2.32. The minimum atomic E-state index is -4.94. The molecule has 2 aromatic carbocycles. The first-order chi connectivity index (χ1) is 11.7. The van der Waals surface area contributed by atoms with Gasteiger partial charge in [0.05, 0.1) is 12.7 Å². The van der Waals surface area contributed by atoms with Crippen molar-refractivity contribution in [3.63, 3.8) is 0 Å². The number of hydrogen-bond donors (Lipinski definition) is 1. The molecule has 0 radical (unpaired) electrons. The second-order valence-corrected chi connectivity index (χ2v) is 5.03. The molecular weight excluding hydrogens is 342 g/mol. The second kappa shape index (κ2) is 7.33. The molecule has 0 spiro atoms. The number of alkyl halides is 3. The van der Waals surface area contributed by atoms with Gasteiger partial charge in [0.1, 0.15) is 5.82 Å². The van der Waals surface area contributed by atoms with E-state index in [1.807, 2.05) is 0 Å². The molecule has 0 aliphatic carbocycles. The minimum absolute atomic E-state index is 0.390. The van der Waals surface area contributed by atoms with Crippen LogP contribution in [0, 0.1) is 5.82 Å². The number of esters is 1. The Labute approximate surface area is 140 Å². The van der Waals surface area contributed by atoms with E-state index in [-0.39, 0.29) is 0 Å². The van der Waals surface area contributed by atoms with E-state index in [1.54, 1.807) is 30.3 Å². The van der Waals surface area contributed by atoms with Crippen LogP contribution in [0.2, 0.25) is 0 Å². The summed E-state index contributed by atoms with van der Waals surface area (Å²) in [4.78, 5) is 24.1. The van der Waals surface area contributed by atoms with Crippen LogP contribution in [0.3, 0.4) is 0 Å². The average Bonchev–Trinajstić information content (AvgIpc) is 2.59. The second-order valence-electron chi connectivity index (χ2n) is 5.03. The molecule has 8 heteroatoms. The van der Waals surface area contributed by atoms with E-state index in [9.17, 15) is 27.2 Å². The van der Waals surface area contributed by atoms with E-state index < -0.39 is 41.0 Å². The normalized spacial score (nSPS) is 12.4. The van der Waals surface area contributed by atoms with Crippen LogP contribution in [0.4, 0.5) is 17.6 Å². The fourth-order valence-corrected chi connectivity index (χ4v) is 2.14. The number of rotatable bonds is 4. The SMILES string of the molecule is COC(=O)C(NC(=O)c1ccc(F)c(C(F)(F)F)c1)c1ccccc1. The number of amides is 1. The summed E-state index contributed by atoms with van der Waals surface area (Å²) in [7, 11) is 1.12. The molecule has 25 heavy (non-hydrogen) atoms. The number of carbonyl (C=O) groups is 2. The standard InChI is InChI=1S/C17H13F4NO3/c1-25-16(24)14(10-5-3-2-4-6-10)22-15(23)11-7-8-13(18)12(9-11)17(19,20)21/h2-9,14H,1H3,(H,22,23). The van der Waals surface area contributed by atoms with Crippen LogP contribution in [0.15, 0.2) is 48.5 Å². The van der Waals surface area contributed by atoms with Gasteiger partial charge >= 0.3 is 12.1 Å². The van der Waals surface area contributed by atoms with E-state index in [4.69, 9.17) is 0 Å². The molecule has 1 N–H and O–H groups in total. The summed E-state index contributed by atoms with van der Waals surface area (Å²) in [5.74, 6) is -3.25. The van der Waals surface area contributed by atoms with Gasteiger partial charge in [-0.15, -0.1) is 0 Å². The number of ether oxygens (including phenoxy) is 1. The Morgan fingerprint density at radius 2 is 1.72 bits per heavy atom. The van der Waals surface area contributed by atoms with Gasteiger partial charge in [0.15, 0.2) is 6.04 Å². The Kier molecular flexibility index (Phi) is 5.41. The summed E-state index contributed by atoms with van der Waals surface area (Å²) in [6.45, 7) is 0. The van der Waals surface area contributed by atoms with Crippen molar-refractivity contribution in [1.82, 2.24) is 5.32 Å². The summed E-state index contributed by atoms with van der Waals surface area (Å²) < 4.78 is 56.2. The fourth-order valence-electron chi connectivity index (χ4n) is 2.14. The molecule has 0 bridgehead atoms.